The molecule has 0 saturated heterocycles. The number of hydrogen-bond donors (Lipinski definition) is 1. The molecule has 0 aliphatic rings. The highest BCUT2D eigenvalue weighted by molar-refractivity contribution is 7.91. The van der Waals surface area contributed by atoms with Gasteiger partial charge in [0, 0.05) is 11.4 Å². The molecule has 0 amide bonds. The van der Waals surface area contributed by atoms with Gasteiger partial charge in [-0.25, -0.2) is 8.42 Å². The van der Waals surface area contributed by atoms with Crippen molar-refractivity contribution in [1.82, 2.24) is 0 Å². The summed E-state index contributed by atoms with van der Waals surface area (Å²) in [6.07, 6.45) is 2.74. The van der Waals surface area contributed by atoms with Crippen molar-refractivity contribution in [1.29, 1.82) is 0 Å². The molecule has 1 rings (SSSR count). The zero-order chi connectivity index (χ0) is 14.3. The zero-order valence-corrected chi connectivity index (χ0v) is 12.1. The Balaban J connectivity index is 2.35. The lowest BCUT2D eigenvalue weighted by atomic mass is 10.2. The van der Waals surface area contributed by atoms with E-state index in [1.807, 2.05) is 0 Å². The monoisotopic (exact) mass is 304 g/mol. The second-order valence-corrected chi connectivity index (χ2v) is 6.88. The first-order valence-corrected chi connectivity index (χ1v) is 8.15. The molecule has 0 spiro atoms. The molecule has 1 aromatic rings. The second kappa shape index (κ2) is 7.50. The third kappa shape index (κ3) is 6.07. The zero-order valence-electron chi connectivity index (χ0n) is 10.5. The molecule has 6 heteroatoms. The topological polar surface area (TPSA) is 71.4 Å². The summed E-state index contributed by atoms with van der Waals surface area (Å²) in [5.74, 6) is -0.726. The van der Waals surface area contributed by atoms with E-state index < -0.39 is 15.8 Å². The van der Waals surface area contributed by atoms with Crippen LogP contribution in [0, 0.1) is 0 Å². The SMILES string of the molecule is O=C(O)CCCCCCS(=O)(=O)c1ccc(Cl)cc1. The lowest BCUT2D eigenvalue weighted by molar-refractivity contribution is -0.137. The summed E-state index contributed by atoms with van der Waals surface area (Å²) in [5, 5.41) is 8.97. The van der Waals surface area contributed by atoms with Crippen molar-refractivity contribution in [3.63, 3.8) is 0 Å². The molecule has 0 aromatic heterocycles. The van der Waals surface area contributed by atoms with E-state index in [2.05, 4.69) is 0 Å². The van der Waals surface area contributed by atoms with Crippen LogP contribution in [-0.2, 0) is 14.6 Å². The summed E-state index contributed by atoms with van der Waals surface area (Å²) in [6, 6.07) is 6.12. The molecule has 0 aliphatic carbocycles. The standard InChI is InChI=1S/C13H17ClO4S/c14-11-6-8-12(9-7-11)19(17,18)10-4-2-1-3-5-13(15)16/h6-9H,1-5,10H2,(H,15,16). The molecule has 0 atom stereocenters. The van der Waals surface area contributed by atoms with Gasteiger partial charge in [-0.05, 0) is 37.1 Å². The lowest BCUT2D eigenvalue weighted by Crippen LogP contribution is -2.06. The highest BCUT2D eigenvalue weighted by Crippen LogP contribution is 2.17. The van der Waals surface area contributed by atoms with E-state index in [9.17, 15) is 13.2 Å². The van der Waals surface area contributed by atoms with E-state index in [1.165, 1.54) is 12.1 Å². The molecule has 0 radical (unpaired) electrons. The maximum atomic E-state index is 11.9. The molecule has 0 bridgehead atoms. The number of hydrogen-bond acceptors (Lipinski definition) is 3. The Kier molecular flexibility index (Phi) is 6.31. The molecule has 0 aliphatic heterocycles. The number of carboxylic acids is 1. The minimum Gasteiger partial charge on any atom is -0.481 e. The van der Waals surface area contributed by atoms with Crippen LogP contribution in [0.5, 0.6) is 0 Å². The molecular weight excluding hydrogens is 288 g/mol. The fourth-order valence-corrected chi connectivity index (χ4v) is 3.18. The molecule has 4 nitrogen and oxygen atoms in total. The average molecular weight is 305 g/mol. The third-order valence-electron chi connectivity index (χ3n) is 2.73. The predicted molar refractivity (Wildman–Crippen MR) is 74.2 cm³/mol. The number of carboxylic acid groups (broad SMARTS) is 1. The van der Waals surface area contributed by atoms with Crippen LogP contribution < -0.4 is 0 Å². The van der Waals surface area contributed by atoms with Gasteiger partial charge in [-0.2, -0.15) is 0 Å². The fraction of sp³-hybridized carbons (Fsp3) is 0.462. The van der Waals surface area contributed by atoms with Gasteiger partial charge in [-0.3, -0.25) is 4.79 Å². The summed E-state index contributed by atoms with van der Waals surface area (Å²) in [4.78, 5) is 10.6. The van der Waals surface area contributed by atoms with Crippen molar-refractivity contribution >= 4 is 27.4 Å². The molecule has 1 aromatic carbocycles. The molecule has 106 valence electrons. The minimum absolute atomic E-state index is 0.0850. The maximum absolute atomic E-state index is 11.9. The smallest absolute Gasteiger partial charge is 0.303 e. The van der Waals surface area contributed by atoms with E-state index in [4.69, 9.17) is 16.7 Å². The molecule has 0 fully saturated rings. The van der Waals surface area contributed by atoms with Crippen molar-refractivity contribution in [3.05, 3.63) is 29.3 Å². The number of halogens is 1. The summed E-state index contributed by atoms with van der Waals surface area (Å²) in [6.45, 7) is 0. The van der Waals surface area contributed by atoms with Crippen molar-refractivity contribution < 1.29 is 18.3 Å². The Morgan fingerprint density at radius 3 is 2.21 bits per heavy atom. The van der Waals surface area contributed by atoms with Crippen LogP contribution in [0.3, 0.4) is 0 Å². The molecular formula is C13H17ClO4S. The largest absolute Gasteiger partial charge is 0.481 e. The van der Waals surface area contributed by atoms with Gasteiger partial charge in [0.25, 0.3) is 0 Å². The van der Waals surface area contributed by atoms with E-state index in [1.54, 1.807) is 12.1 Å². The van der Waals surface area contributed by atoms with Crippen molar-refractivity contribution in [2.75, 3.05) is 5.75 Å². The molecule has 0 unspecified atom stereocenters. The van der Waals surface area contributed by atoms with E-state index in [0.29, 0.717) is 17.9 Å². The Bertz CT molecular complexity index is 508. The fourth-order valence-electron chi connectivity index (χ4n) is 1.68. The Labute approximate surface area is 118 Å². The highest BCUT2D eigenvalue weighted by Gasteiger charge is 2.13. The van der Waals surface area contributed by atoms with Crippen LogP contribution in [0.2, 0.25) is 5.02 Å². The van der Waals surface area contributed by atoms with Gasteiger partial charge in [0.2, 0.25) is 0 Å². The van der Waals surface area contributed by atoms with E-state index >= 15 is 0 Å². The van der Waals surface area contributed by atoms with Crippen molar-refractivity contribution in [2.45, 2.75) is 37.0 Å². The van der Waals surface area contributed by atoms with Gasteiger partial charge < -0.3 is 5.11 Å². The van der Waals surface area contributed by atoms with Crippen LogP contribution in [0.4, 0.5) is 0 Å². The second-order valence-electron chi connectivity index (χ2n) is 4.33. The number of sulfone groups is 1. The van der Waals surface area contributed by atoms with Crippen LogP contribution >= 0.6 is 11.6 Å². The van der Waals surface area contributed by atoms with Gasteiger partial charge in [0.1, 0.15) is 0 Å². The quantitative estimate of drug-likeness (QED) is 0.749. The maximum Gasteiger partial charge on any atom is 0.303 e. The third-order valence-corrected chi connectivity index (χ3v) is 4.79. The molecule has 1 N–H and O–H groups in total. The molecule has 0 saturated carbocycles. The first-order chi connectivity index (χ1) is 8.92. The minimum atomic E-state index is -3.26. The molecule has 19 heavy (non-hydrogen) atoms. The predicted octanol–water partition coefficient (Wildman–Crippen LogP) is 3.15. The number of carbonyl (C=O) groups is 1. The summed E-state index contributed by atoms with van der Waals surface area (Å²) < 4.78 is 23.9. The van der Waals surface area contributed by atoms with Crippen molar-refractivity contribution in [2.24, 2.45) is 0 Å². The number of aliphatic carboxylic acids is 1. The van der Waals surface area contributed by atoms with Crippen LogP contribution in [0.1, 0.15) is 32.1 Å². The number of rotatable bonds is 8. The van der Waals surface area contributed by atoms with Crippen molar-refractivity contribution in [3.8, 4) is 0 Å². The van der Waals surface area contributed by atoms with Gasteiger partial charge in [0.05, 0.1) is 10.6 Å². The first-order valence-electron chi connectivity index (χ1n) is 6.12. The Morgan fingerprint density at radius 1 is 1.05 bits per heavy atom. The number of benzene rings is 1. The van der Waals surface area contributed by atoms with E-state index in [0.717, 1.165) is 12.8 Å². The number of unbranched alkanes of at least 4 members (excludes halogenated alkanes) is 3. The first kappa shape index (κ1) is 16.0. The average Bonchev–Trinajstić information content (AvgIpc) is 2.34. The van der Waals surface area contributed by atoms with Gasteiger partial charge >= 0.3 is 5.97 Å². The van der Waals surface area contributed by atoms with Gasteiger partial charge in [0.15, 0.2) is 9.84 Å². The Morgan fingerprint density at radius 2 is 1.63 bits per heavy atom. The Hall–Kier alpha value is -1.07. The van der Waals surface area contributed by atoms with Gasteiger partial charge in [-0.15, -0.1) is 0 Å². The van der Waals surface area contributed by atoms with Gasteiger partial charge in [-0.1, -0.05) is 24.4 Å². The molecule has 0 heterocycles. The normalized spacial score (nSPS) is 11.4. The summed E-state index contributed by atoms with van der Waals surface area (Å²) in [7, 11) is -3.26. The van der Waals surface area contributed by atoms with Crippen LogP contribution in [-0.4, -0.2) is 25.2 Å². The summed E-state index contributed by atoms with van der Waals surface area (Å²) in [5.41, 5.74) is 0. The summed E-state index contributed by atoms with van der Waals surface area (Å²) >= 11 is 5.71. The lowest BCUT2D eigenvalue weighted by Gasteiger charge is -2.04. The van der Waals surface area contributed by atoms with E-state index in [-0.39, 0.29) is 17.1 Å². The highest BCUT2D eigenvalue weighted by atomic mass is 35.5. The van der Waals surface area contributed by atoms with Crippen LogP contribution in [0.15, 0.2) is 29.2 Å². The van der Waals surface area contributed by atoms with Crippen LogP contribution in [0.25, 0.3) is 0 Å².